The van der Waals surface area contributed by atoms with Crippen molar-refractivity contribution >= 4 is 17.4 Å². The number of benzene rings is 3. The molecule has 6 N–H and O–H groups in total. The first kappa shape index (κ1) is 25.3. The zero-order valence-electron chi connectivity index (χ0n) is 20.5. The number of hydrogen-bond acceptors (Lipinski definition) is 6. The fourth-order valence-corrected chi connectivity index (χ4v) is 3.78. The van der Waals surface area contributed by atoms with Crippen molar-refractivity contribution in [3.8, 4) is 11.5 Å². The zero-order valence-corrected chi connectivity index (χ0v) is 20.5. The van der Waals surface area contributed by atoms with Crippen LogP contribution in [0.3, 0.4) is 0 Å². The Hall–Kier alpha value is -4.79. The number of amides is 1. The number of carbonyl (C=O) groups excluding carboxylic acids is 1. The number of imidazole rings is 1. The number of methoxy groups -OCH3 is 1. The second kappa shape index (κ2) is 12.3. The molecule has 0 spiro atoms. The highest BCUT2D eigenvalue weighted by atomic mass is 16.5. The molecule has 0 saturated heterocycles. The molecule has 4 aromatic rings. The van der Waals surface area contributed by atoms with Gasteiger partial charge in [-0.3, -0.25) is 10.2 Å². The number of nitrogens with two attached hydrogens (primary N) is 1. The largest absolute Gasteiger partial charge is 0.493 e. The standard InChI is InChI=1S/C28H30N6O3/c1-36-25-15-21(9-12-24(25)37-17-19-5-3-2-4-6-19)26(28(35)32-14-13-23-16-31-18-33-23)34-22-10-7-20(8-11-22)27(29)30/h2-12,15-16,18,26,34H,13-14,17H2,1H3,(H3,29,30)(H,31,33)(H,32,35). The first-order valence-corrected chi connectivity index (χ1v) is 11.8. The third-order valence-electron chi connectivity index (χ3n) is 5.78. The molecule has 0 bridgehead atoms. The van der Waals surface area contributed by atoms with Gasteiger partial charge in [-0.25, -0.2) is 4.98 Å². The van der Waals surface area contributed by atoms with E-state index in [2.05, 4.69) is 20.6 Å². The lowest BCUT2D eigenvalue weighted by atomic mass is 10.0. The fraction of sp³-hybridized carbons (Fsp3) is 0.179. The monoisotopic (exact) mass is 498 g/mol. The topological polar surface area (TPSA) is 138 Å². The molecule has 3 aromatic carbocycles. The van der Waals surface area contributed by atoms with Crippen LogP contribution in [-0.2, 0) is 17.8 Å². The van der Waals surface area contributed by atoms with E-state index in [4.69, 9.17) is 20.6 Å². The summed E-state index contributed by atoms with van der Waals surface area (Å²) in [7, 11) is 1.57. The van der Waals surface area contributed by atoms with E-state index in [0.717, 1.165) is 11.3 Å². The SMILES string of the molecule is COc1cc(C(Nc2ccc(C(=N)N)cc2)C(=O)NCCc2cnc[nH]2)ccc1OCc1ccccc1. The third kappa shape index (κ3) is 6.88. The lowest BCUT2D eigenvalue weighted by Crippen LogP contribution is -2.34. The number of H-pyrrole nitrogens is 1. The summed E-state index contributed by atoms with van der Waals surface area (Å²) in [6.45, 7) is 0.840. The number of hydrogen-bond donors (Lipinski definition) is 5. The van der Waals surface area contributed by atoms with E-state index in [0.29, 0.717) is 47.9 Å². The Labute approximate surface area is 215 Å². The zero-order chi connectivity index (χ0) is 26.0. The summed E-state index contributed by atoms with van der Waals surface area (Å²) < 4.78 is 11.6. The maximum Gasteiger partial charge on any atom is 0.247 e. The molecular weight excluding hydrogens is 468 g/mol. The Kier molecular flexibility index (Phi) is 8.38. The summed E-state index contributed by atoms with van der Waals surface area (Å²) in [4.78, 5) is 20.4. The predicted molar refractivity (Wildman–Crippen MR) is 143 cm³/mol. The van der Waals surface area contributed by atoms with Gasteiger partial charge in [0.25, 0.3) is 0 Å². The number of aromatic amines is 1. The van der Waals surface area contributed by atoms with Gasteiger partial charge in [-0.1, -0.05) is 36.4 Å². The van der Waals surface area contributed by atoms with Gasteiger partial charge < -0.3 is 30.8 Å². The molecule has 190 valence electrons. The van der Waals surface area contributed by atoms with Gasteiger partial charge in [0.2, 0.25) is 5.91 Å². The number of nitrogens with zero attached hydrogens (tertiary/aromatic N) is 1. The van der Waals surface area contributed by atoms with E-state index in [-0.39, 0.29) is 11.7 Å². The third-order valence-corrected chi connectivity index (χ3v) is 5.78. The molecule has 0 aliphatic rings. The molecule has 37 heavy (non-hydrogen) atoms. The lowest BCUT2D eigenvalue weighted by Gasteiger charge is -2.21. The van der Waals surface area contributed by atoms with Gasteiger partial charge in [0.15, 0.2) is 11.5 Å². The molecule has 1 unspecified atom stereocenters. The maximum absolute atomic E-state index is 13.3. The molecule has 1 amide bonds. The fourth-order valence-electron chi connectivity index (χ4n) is 3.78. The highest BCUT2D eigenvalue weighted by Crippen LogP contribution is 2.32. The predicted octanol–water partition coefficient (Wildman–Crippen LogP) is 3.79. The van der Waals surface area contributed by atoms with Gasteiger partial charge in [-0.05, 0) is 47.5 Å². The number of nitrogen functional groups attached to an aromatic ring is 1. The van der Waals surface area contributed by atoms with E-state index in [1.54, 1.807) is 50.0 Å². The van der Waals surface area contributed by atoms with Crippen LogP contribution in [0, 0.1) is 5.41 Å². The number of rotatable bonds is 12. The average Bonchev–Trinajstić information content (AvgIpc) is 3.45. The number of amidine groups is 1. The highest BCUT2D eigenvalue weighted by molar-refractivity contribution is 5.95. The summed E-state index contributed by atoms with van der Waals surface area (Å²) >= 11 is 0. The van der Waals surface area contributed by atoms with Crippen LogP contribution >= 0.6 is 0 Å². The van der Waals surface area contributed by atoms with Crippen LogP contribution in [0.15, 0.2) is 85.3 Å². The molecule has 1 heterocycles. The van der Waals surface area contributed by atoms with Gasteiger partial charge in [-0.2, -0.15) is 0 Å². The van der Waals surface area contributed by atoms with Crippen molar-refractivity contribution in [1.29, 1.82) is 5.41 Å². The van der Waals surface area contributed by atoms with Crippen molar-refractivity contribution in [2.75, 3.05) is 19.0 Å². The minimum absolute atomic E-state index is 0.0181. The van der Waals surface area contributed by atoms with E-state index >= 15 is 0 Å². The van der Waals surface area contributed by atoms with E-state index in [9.17, 15) is 4.79 Å². The Morgan fingerprint density at radius 3 is 2.54 bits per heavy atom. The van der Waals surface area contributed by atoms with Crippen molar-refractivity contribution < 1.29 is 14.3 Å². The van der Waals surface area contributed by atoms with Crippen LogP contribution in [0.1, 0.15) is 28.4 Å². The summed E-state index contributed by atoms with van der Waals surface area (Å²) in [6.07, 6.45) is 3.97. The number of aromatic nitrogens is 2. The Bertz CT molecular complexity index is 1310. The minimum atomic E-state index is -0.706. The summed E-state index contributed by atoms with van der Waals surface area (Å²) in [6, 6.07) is 21.7. The van der Waals surface area contributed by atoms with Crippen molar-refractivity contribution in [2.24, 2.45) is 5.73 Å². The minimum Gasteiger partial charge on any atom is -0.493 e. The van der Waals surface area contributed by atoms with Crippen LogP contribution in [0.25, 0.3) is 0 Å². The first-order chi connectivity index (χ1) is 18.0. The van der Waals surface area contributed by atoms with E-state index < -0.39 is 6.04 Å². The Morgan fingerprint density at radius 1 is 1.08 bits per heavy atom. The van der Waals surface area contributed by atoms with Crippen LogP contribution < -0.4 is 25.8 Å². The highest BCUT2D eigenvalue weighted by Gasteiger charge is 2.22. The summed E-state index contributed by atoms with van der Waals surface area (Å²) in [5.74, 6) is 0.891. The quantitative estimate of drug-likeness (QED) is 0.149. The number of anilines is 1. The maximum atomic E-state index is 13.3. The van der Waals surface area contributed by atoms with E-state index in [1.807, 2.05) is 42.5 Å². The Morgan fingerprint density at radius 2 is 1.86 bits per heavy atom. The normalized spacial score (nSPS) is 11.4. The molecular formula is C28H30N6O3. The number of carbonyl (C=O) groups is 1. The van der Waals surface area contributed by atoms with Gasteiger partial charge in [0.1, 0.15) is 18.5 Å². The second-order valence-electron chi connectivity index (χ2n) is 8.37. The van der Waals surface area contributed by atoms with Crippen LogP contribution in [0.2, 0.25) is 0 Å². The molecule has 0 saturated carbocycles. The van der Waals surface area contributed by atoms with Gasteiger partial charge in [-0.15, -0.1) is 0 Å². The Balaban J connectivity index is 1.53. The summed E-state index contributed by atoms with van der Waals surface area (Å²) in [5, 5.41) is 13.9. The molecule has 1 atom stereocenters. The molecule has 9 heteroatoms. The van der Waals surface area contributed by atoms with Crippen molar-refractivity contribution in [2.45, 2.75) is 19.1 Å². The molecule has 0 fully saturated rings. The molecule has 0 aliphatic heterocycles. The summed E-state index contributed by atoms with van der Waals surface area (Å²) in [5.41, 5.74) is 9.57. The number of ether oxygens (including phenoxy) is 2. The van der Waals surface area contributed by atoms with Gasteiger partial charge in [0, 0.05) is 36.1 Å². The molecule has 0 radical (unpaired) electrons. The molecule has 9 nitrogen and oxygen atoms in total. The van der Waals surface area contributed by atoms with Gasteiger partial charge in [0.05, 0.1) is 13.4 Å². The lowest BCUT2D eigenvalue weighted by molar-refractivity contribution is -0.121. The van der Waals surface area contributed by atoms with Crippen molar-refractivity contribution in [3.63, 3.8) is 0 Å². The number of nitrogens with one attached hydrogen (secondary N) is 4. The molecule has 0 aliphatic carbocycles. The first-order valence-electron chi connectivity index (χ1n) is 11.8. The van der Waals surface area contributed by atoms with Crippen LogP contribution in [-0.4, -0.2) is 35.4 Å². The van der Waals surface area contributed by atoms with Crippen molar-refractivity contribution in [3.05, 3.63) is 108 Å². The van der Waals surface area contributed by atoms with Crippen LogP contribution in [0.5, 0.6) is 11.5 Å². The molecule has 4 rings (SSSR count). The van der Waals surface area contributed by atoms with Crippen LogP contribution in [0.4, 0.5) is 5.69 Å². The van der Waals surface area contributed by atoms with Gasteiger partial charge >= 0.3 is 0 Å². The second-order valence-corrected chi connectivity index (χ2v) is 8.37. The smallest absolute Gasteiger partial charge is 0.247 e. The van der Waals surface area contributed by atoms with Crippen molar-refractivity contribution in [1.82, 2.24) is 15.3 Å². The average molecular weight is 499 g/mol. The molecule has 1 aromatic heterocycles. The van der Waals surface area contributed by atoms with E-state index in [1.165, 1.54) is 0 Å².